The van der Waals surface area contributed by atoms with Crippen LogP contribution in [-0.2, 0) is 4.79 Å². The van der Waals surface area contributed by atoms with E-state index >= 15 is 0 Å². The lowest BCUT2D eigenvalue weighted by atomic mass is 9.82. The molecule has 21 heavy (non-hydrogen) atoms. The third-order valence-electron chi connectivity index (χ3n) is 4.67. The van der Waals surface area contributed by atoms with E-state index in [9.17, 15) is 9.90 Å². The lowest BCUT2D eigenvalue weighted by molar-refractivity contribution is -0.149. The summed E-state index contributed by atoms with van der Waals surface area (Å²) < 4.78 is 0. The molecule has 0 saturated carbocycles. The number of nitrogens with one attached hydrogen (secondary N) is 1. The molecule has 1 rings (SSSR count). The summed E-state index contributed by atoms with van der Waals surface area (Å²) >= 11 is 0. The van der Waals surface area contributed by atoms with Crippen LogP contribution in [-0.4, -0.2) is 24.2 Å². The standard InChI is InChI=1S/C18H29NO2/c1-5-18(6-2,17(20)21)13-19-12-16(14(3)4)15-10-8-7-9-11-15/h7-11,14,16,19H,5-6,12-13H2,1-4H3,(H,20,21). The number of hydrogen-bond acceptors (Lipinski definition) is 2. The van der Waals surface area contributed by atoms with Gasteiger partial charge in [0, 0.05) is 13.1 Å². The zero-order valence-electron chi connectivity index (χ0n) is 13.7. The van der Waals surface area contributed by atoms with Crippen LogP contribution in [0.5, 0.6) is 0 Å². The van der Waals surface area contributed by atoms with Crippen LogP contribution in [0.3, 0.4) is 0 Å². The van der Waals surface area contributed by atoms with E-state index in [4.69, 9.17) is 0 Å². The number of benzene rings is 1. The highest BCUT2D eigenvalue weighted by Crippen LogP contribution is 2.27. The minimum atomic E-state index is -0.694. The van der Waals surface area contributed by atoms with Crippen molar-refractivity contribution < 1.29 is 9.90 Å². The Morgan fingerprint density at radius 2 is 1.76 bits per heavy atom. The van der Waals surface area contributed by atoms with Gasteiger partial charge in [-0.3, -0.25) is 4.79 Å². The normalized spacial score (nSPS) is 13.4. The van der Waals surface area contributed by atoms with E-state index in [0.29, 0.717) is 31.2 Å². The van der Waals surface area contributed by atoms with Gasteiger partial charge in [-0.25, -0.2) is 0 Å². The van der Waals surface area contributed by atoms with Gasteiger partial charge in [0.15, 0.2) is 0 Å². The highest BCUT2D eigenvalue weighted by molar-refractivity contribution is 5.74. The van der Waals surface area contributed by atoms with E-state index in [1.165, 1.54) is 5.56 Å². The number of carbonyl (C=O) groups is 1. The molecule has 1 unspecified atom stereocenters. The average molecular weight is 291 g/mol. The van der Waals surface area contributed by atoms with Crippen molar-refractivity contribution in [1.29, 1.82) is 0 Å². The number of carboxylic acids is 1. The van der Waals surface area contributed by atoms with Crippen molar-refractivity contribution >= 4 is 5.97 Å². The molecule has 3 nitrogen and oxygen atoms in total. The molecule has 1 aromatic rings. The van der Waals surface area contributed by atoms with Gasteiger partial charge in [0.2, 0.25) is 0 Å². The minimum absolute atomic E-state index is 0.409. The fraction of sp³-hybridized carbons (Fsp3) is 0.611. The fourth-order valence-electron chi connectivity index (χ4n) is 2.78. The lowest BCUT2D eigenvalue weighted by Crippen LogP contribution is -2.41. The fourth-order valence-corrected chi connectivity index (χ4v) is 2.78. The molecule has 3 heteroatoms. The Balaban J connectivity index is 2.69. The van der Waals surface area contributed by atoms with Crippen LogP contribution < -0.4 is 5.32 Å². The summed E-state index contributed by atoms with van der Waals surface area (Å²) in [4.78, 5) is 11.5. The first-order valence-corrected chi connectivity index (χ1v) is 7.96. The second-order valence-electron chi connectivity index (χ2n) is 6.18. The van der Waals surface area contributed by atoms with E-state index in [-0.39, 0.29) is 0 Å². The number of rotatable bonds is 9. The van der Waals surface area contributed by atoms with Gasteiger partial charge in [-0.15, -0.1) is 0 Å². The maximum absolute atomic E-state index is 11.5. The summed E-state index contributed by atoms with van der Waals surface area (Å²) in [5.74, 6) is 0.231. The van der Waals surface area contributed by atoms with E-state index in [1.54, 1.807) is 0 Å². The second-order valence-corrected chi connectivity index (χ2v) is 6.18. The zero-order valence-corrected chi connectivity index (χ0v) is 13.7. The molecule has 0 fully saturated rings. The molecule has 0 aromatic heterocycles. The third-order valence-corrected chi connectivity index (χ3v) is 4.67. The molecule has 0 saturated heterocycles. The number of carboxylic acid groups (broad SMARTS) is 1. The van der Waals surface area contributed by atoms with E-state index in [2.05, 4.69) is 43.4 Å². The van der Waals surface area contributed by atoms with Crippen molar-refractivity contribution in [2.24, 2.45) is 11.3 Å². The molecule has 0 bridgehead atoms. The summed E-state index contributed by atoms with van der Waals surface area (Å²) in [6, 6.07) is 10.4. The lowest BCUT2D eigenvalue weighted by Gasteiger charge is -2.29. The molecule has 0 amide bonds. The van der Waals surface area contributed by atoms with Crippen molar-refractivity contribution in [3.63, 3.8) is 0 Å². The van der Waals surface area contributed by atoms with Gasteiger partial charge in [-0.1, -0.05) is 58.0 Å². The topological polar surface area (TPSA) is 49.3 Å². The molecule has 0 aliphatic carbocycles. The molecule has 1 aromatic carbocycles. The van der Waals surface area contributed by atoms with Crippen molar-refractivity contribution in [2.45, 2.75) is 46.5 Å². The largest absolute Gasteiger partial charge is 0.481 e. The Bertz CT molecular complexity index is 424. The highest BCUT2D eigenvalue weighted by Gasteiger charge is 2.34. The Morgan fingerprint density at radius 3 is 2.19 bits per heavy atom. The summed E-state index contributed by atoms with van der Waals surface area (Å²) in [7, 11) is 0. The smallest absolute Gasteiger partial charge is 0.310 e. The minimum Gasteiger partial charge on any atom is -0.481 e. The van der Waals surface area contributed by atoms with Gasteiger partial charge in [-0.2, -0.15) is 0 Å². The van der Waals surface area contributed by atoms with Crippen LogP contribution in [0.1, 0.15) is 52.0 Å². The monoisotopic (exact) mass is 291 g/mol. The SMILES string of the molecule is CCC(CC)(CNCC(c1ccccc1)C(C)C)C(=O)O. The van der Waals surface area contributed by atoms with Crippen molar-refractivity contribution in [3.8, 4) is 0 Å². The number of hydrogen-bond donors (Lipinski definition) is 2. The predicted molar refractivity (Wildman–Crippen MR) is 87.5 cm³/mol. The molecule has 1 atom stereocenters. The summed E-state index contributed by atoms with van der Waals surface area (Å²) in [6.07, 6.45) is 1.31. The summed E-state index contributed by atoms with van der Waals surface area (Å²) in [6.45, 7) is 9.68. The Labute approximate surface area is 128 Å². The quantitative estimate of drug-likeness (QED) is 0.725. The van der Waals surface area contributed by atoms with Crippen molar-refractivity contribution in [1.82, 2.24) is 5.32 Å². The maximum atomic E-state index is 11.5. The van der Waals surface area contributed by atoms with E-state index in [0.717, 1.165) is 6.54 Å². The first kappa shape index (κ1) is 17.7. The second kappa shape index (κ2) is 8.18. The van der Waals surface area contributed by atoms with Gasteiger partial charge in [0.05, 0.1) is 5.41 Å². The van der Waals surface area contributed by atoms with Crippen LogP contribution in [0.2, 0.25) is 0 Å². The zero-order chi connectivity index (χ0) is 15.9. The van der Waals surface area contributed by atoms with Gasteiger partial charge >= 0.3 is 5.97 Å². The molecule has 118 valence electrons. The first-order valence-electron chi connectivity index (χ1n) is 7.96. The highest BCUT2D eigenvalue weighted by atomic mass is 16.4. The molecule has 0 aliphatic rings. The van der Waals surface area contributed by atoms with Gasteiger partial charge in [0.1, 0.15) is 0 Å². The molecule has 0 radical (unpaired) electrons. The maximum Gasteiger partial charge on any atom is 0.310 e. The first-order chi connectivity index (χ1) is 9.96. The third kappa shape index (κ3) is 4.57. The van der Waals surface area contributed by atoms with Gasteiger partial charge < -0.3 is 10.4 Å². The number of aliphatic carboxylic acids is 1. The molecule has 0 spiro atoms. The van der Waals surface area contributed by atoms with Crippen LogP contribution in [0, 0.1) is 11.3 Å². The van der Waals surface area contributed by atoms with Gasteiger partial charge in [-0.05, 0) is 30.2 Å². The Morgan fingerprint density at radius 1 is 1.19 bits per heavy atom. The Hall–Kier alpha value is -1.35. The van der Waals surface area contributed by atoms with Gasteiger partial charge in [0.25, 0.3) is 0 Å². The average Bonchev–Trinajstić information content (AvgIpc) is 2.48. The van der Waals surface area contributed by atoms with Crippen molar-refractivity contribution in [3.05, 3.63) is 35.9 Å². The van der Waals surface area contributed by atoms with Crippen LogP contribution in [0.25, 0.3) is 0 Å². The predicted octanol–water partition coefficient (Wildman–Crippen LogP) is 3.91. The van der Waals surface area contributed by atoms with Crippen LogP contribution in [0.15, 0.2) is 30.3 Å². The molecule has 0 heterocycles. The summed E-state index contributed by atoms with van der Waals surface area (Å²) in [5, 5.41) is 12.9. The van der Waals surface area contributed by atoms with Crippen molar-refractivity contribution in [2.75, 3.05) is 13.1 Å². The molecular formula is C18H29NO2. The Kier molecular flexibility index (Phi) is 6.90. The van der Waals surface area contributed by atoms with E-state index in [1.807, 2.05) is 19.9 Å². The van der Waals surface area contributed by atoms with E-state index < -0.39 is 11.4 Å². The summed E-state index contributed by atoms with van der Waals surface area (Å²) in [5.41, 5.74) is 0.673. The van der Waals surface area contributed by atoms with Crippen LogP contribution >= 0.6 is 0 Å². The molecular weight excluding hydrogens is 262 g/mol. The molecule has 0 aliphatic heterocycles. The van der Waals surface area contributed by atoms with Crippen LogP contribution in [0.4, 0.5) is 0 Å². The molecule has 2 N–H and O–H groups in total.